The first-order valence-corrected chi connectivity index (χ1v) is 7.59. The van der Waals surface area contributed by atoms with Crippen LogP contribution in [0.1, 0.15) is 25.5 Å². The zero-order valence-electron chi connectivity index (χ0n) is 12.7. The van der Waals surface area contributed by atoms with Crippen molar-refractivity contribution in [2.24, 2.45) is 0 Å². The number of rotatable bonds is 7. The molecule has 3 N–H and O–H groups in total. The lowest BCUT2D eigenvalue weighted by Crippen LogP contribution is -2.37. The molecule has 1 aromatic heterocycles. The molecule has 0 radical (unpaired) electrons. The van der Waals surface area contributed by atoms with E-state index < -0.39 is 0 Å². The fourth-order valence-electron chi connectivity index (χ4n) is 2.49. The van der Waals surface area contributed by atoms with Crippen molar-refractivity contribution in [3.05, 3.63) is 5.69 Å². The summed E-state index contributed by atoms with van der Waals surface area (Å²) in [5.41, 5.74) is 7.78. The van der Waals surface area contributed by atoms with Gasteiger partial charge in [0.15, 0.2) is 0 Å². The first-order chi connectivity index (χ1) is 9.72. The number of hydrogen-bond donors (Lipinski definition) is 2. The third-order valence-corrected chi connectivity index (χ3v) is 3.66. The van der Waals surface area contributed by atoms with Gasteiger partial charge in [0.05, 0.1) is 24.6 Å². The molecule has 1 fully saturated rings. The number of ether oxygens (including phenoxy) is 1. The Bertz CT molecular complexity index is 412. The first kappa shape index (κ1) is 15.1. The predicted octanol–water partition coefficient (Wildman–Crippen LogP) is 1.32. The number of anilines is 2. The zero-order chi connectivity index (χ0) is 14.4. The molecule has 1 aromatic rings. The molecule has 6 heteroatoms. The van der Waals surface area contributed by atoms with Gasteiger partial charge in [0.25, 0.3) is 0 Å². The lowest BCUT2D eigenvalue weighted by Gasteiger charge is -2.26. The van der Waals surface area contributed by atoms with Crippen LogP contribution in [0.5, 0.6) is 0 Å². The molecule has 0 unspecified atom stereocenters. The van der Waals surface area contributed by atoms with Gasteiger partial charge in [-0.2, -0.15) is 5.10 Å². The fourth-order valence-corrected chi connectivity index (χ4v) is 2.49. The van der Waals surface area contributed by atoms with E-state index in [9.17, 15) is 0 Å². The van der Waals surface area contributed by atoms with Crippen LogP contribution in [-0.4, -0.2) is 54.1 Å². The van der Waals surface area contributed by atoms with Crippen molar-refractivity contribution in [1.82, 2.24) is 14.7 Å². The SMILES string of the molecule is CCCn1nc(C)c(N)c1NCCCN1CCOCC1. The minimum absolute atomic E-state index is 0.782. The summed E-state index contributed by atoms with van der Waals surface area (Å²) in [6.07, 6.45) is 2.17. The minimum Gasteiger partial charge on any atom is -0.394 e. The monoisotopic (exact) mass is 281 g/mol. The van der Waals surface area contributed by atoms with Gasteiger partial charge < -0.3 is 15.8 Å². The number of aromatic nitrogens is 2. The summed E-state index contributed by atoms with van der Waals surface area (Å²) in [6.45, 7) is 10.9. The maximum atomic E-state index is 6.09. The Hall–Kier alpha value is -1.27. The van der Waals surface area contributed by atoms with Crippen molar-refractivity contribution in [2.45, 2.75) is 33.2 Å². The van der Waals surface area contributed by atoms with E-state index in [-0.39, 0.29) is 0 Å². The van der Waals surface area contributed by atoms with Crippen LogP contribution in [0.25, 0.3) is 0 Å². The molecule has 0 spiro atoms. The number of nitrogens with one attached hydrogen (secondary N) is 1. The van der Waals surface area contributed by atoms with E-state index >= 15 is 0 Å². The van der Waals surface area contributed by atoms with Gasteiger partial charge in [0.1, 0.15) is 5.82 Å². The molecule has 0 aliphatic carbocycles. The summed E-state index contributed by atoms with van der Waals surface area (Å²) < 4.78 is 7.34. The molecule has 0 aromatic carbocycles. The van der Waals surface area contributed by atoms with Gasteiger partial charge in [0.2, 0.25) is 0 Å². The molecule has 1 aliphatic heterocycles. The average molecular weight is 281 g/mol. The number of nitrogens with two attached hydrogens (primary N) is 1. The standard InChI is InChI=1S/C14H27N5O/c1-3-6-19-14(13(15)12(2)17-19)16-5-4-7-18-8-10-20-11-9-18/h16H,3-11,15H2,1-2H3. The van der Waals surface area contributed by atoms with E-state index in [0.717, 1.165) is 76.0 Å². The van der Waals surface area contributed by atoms with Gasteiger partial charge in [-0.25, -0.2) is 4.68 Å². The molecular formula is C14H27N5O. The average Bonchev–Trinajstić information content (AvgIpc) is 2.72. The molecule has 114 valence electrons. The van der Waals surface area contributed by atoms with Crippen molar-refractivity contribution in [1.29, 1.82) is 0 Å². The van der Waals surface area contributed by atoms with E-state index in [2.05, 4.69) is 22.2 Å². The zero-order valence-corrected chi connectivity index (χ0v) is 12.7. The number of aryl methyl sites for hydroxylation is 2. The molecule has 6 nitrogen and oxygen atoms in total. The fraction of sp³-hybridized carbons (Fsp3) is 0.786. The highest BCUT2D eigenvalue weighted by Crippen LogP contribution is 2.22. The van der Waals surface area contributed by atoms with Crippen molar-refractivity contribution in [3.8, 4) is 0 Å². The Labute approximate surface area is 121 Å². The molecule has 0 saturated carbocycles. The van der Waals surface area contributed by atoms with Crippen molar-refractivity contribution in [3.63, 3.8) is 0 Å². The summed E-state index contributed by atoms with van der Waals surface area (Å²) in [4.78, 5) is 2.45. The van der Waals surface area contributed by atoms with Crippen molar-refractivity contribution < 1.29 is 4.74 Å². The second-order valence-corrected chi connectivity index (χ2v) is 5.31. The predicted molar refractivity (Wildman–Crippen MR) is 82.0 cm³/mol. The summed E-state index contributed by atoms with van der Waals surface area (Å²) in [5.74, 6) is 0.978. The highest BCUT2D eigenvalue weighted by Gasteiger charge is 2.12. The summed E-state index contributed by atoms with van der Waals surface area (Å²) >= 11 is 0. The summed E-state index contributed by atoms with van der Waals surface area (Å²) in [7, 11) is 0. The van der Waals surface area contributed by atoms with E-state index in [1.807, 2.05) is 11.6 Å². The first-order valence-electron chi connectivity index (χ1n) is 7.59. The Morgan fingerprint density at radius 2 is 2.05 bits per heavy atom. The maximum Gasteiger partial charge on any atom is 0.148 e. The van der Waals surface area contributed by atoms with Crippen molar-refractivity contribution in [2.75, 3.05) is 50.4 Å². The van der Waals surface area contributed by atoms with Gasteiger partial charge in [-0.15, -0.1) is 0 Å². The van der Waals surface area contributed by atoms with E-state index in [0.29, 0.717) is 0 Å². The van der Waals surface area contributed by atoms with E-state index in [1.54, 1.807) is 0 Å². The largest absolute Gasteiger partial charge is 0.394 e. The quantitative estimate of drug-likeness (QED) is 0.738. The second kappa shape index (κ2) is 7.50. The number of hydrogen-bond acceptors (Lipinski definition) is 5. The van der Waals surface area contributed by atoms with Crippen LogP contribution in [0, 0.1) is 6.92 Å². The highest BCUT2D eigenvalue weighted by atomic mass is 16.5. The molecule has 1 aliphatic rings. The van der Waals surface area contributed by atoms with Gasteiger partial charge in [-0.05, 0) is 26.3 Å². The topological polar surface area (TPSA) is 68.3 Å². The number of morpholine rings is 1. The van der Waals surface area contributed by atoms with Gasteiger partial charge in [0, 0.05) is 26.2 Å². The number of nitrogen functional groups attached to an aromatic ring is 1. The molecule has 20 heavy (non-hydrogen) atoms. The Balaban J connectivity index is 1.78. The molecular weight excluding hydrogens is 254 g/mol. The van der Waals surface area contributed by atoms with Crippen LogP contribution in [0.3, 0.4) is 0 Å². The Kier molecular flexibility index (Phi) is 5.67. The molecule has 0 bridgehead atoms. The van der Waals surface area contributed by atoms with E-state index in [4.69, 9.17) is 10.5 Å². The molecule has 0 atom stereocenters. The Morgan fingerprint density at radius 1 is 1.30 bits per heavy atom. The van der Waals surface area contributed by atoms with E-state index in [1.165, 1.54) is 0 Å². The molecule has 2 rings (SSSR count). The third-order valence-electron chi connectivity index (χ3n) is 3.66. The lowest BCUT2D eigenvalue weighted by atomic mass is 10.3. The highest BCUT2D eigenvalue weighted by molar-refractivity contribution is 5.64. The summed E-state index contributed by atoms with van der Waals surface area (Å²) in [5, 5.41) is 7.92. The van der Waals surface area contributed by atoms with Crippen LogP contribution >= 0.6 is 0 Å². The van der Waals surface area contributed by atoms with Crippen molar-refractivity contribution >= 4 is 11.5 Å². The molecule has 2 heterocycles. The normalized spacial score (nSPS) is 16.5. The second-order valence-electron chi connectivity index (χ2n) is 5.31. The van der Waals surface area contributed by atoms with Crippen LogP contribution in [-0.2, 0) is 11.3 Å². The van der Waals surface area contributed by atoms with Crippen LogP contribution in [0.4, 0.5) is 11.5 Å². The smallest absolute Gasteiger partial charge is 0.148 e. The van der Waals surface area contributed by atoms with Crippen LogP contribution in [0.15, 0.2) is 0 Å². The molecule has 1 saturated heterocycles. The summed E-state index contributed by atoms with van der Waals surface area (Å²) in [6, 6.07) is 0. The minimum atomic E-state index is 0.782. The number of nitrogens with zero attached hydrogens (tertiary/aromatic N) is 3. The van der Waals surface area contributed by atoms with Gasteiger partial charge in [-0.1, -0.05) is 6.92 Å². The Morgan fingerprint density at radius 3 is 2.75 bits per heavy atom. The van der Waals surface area contributed by atoms with Crippen LogP contribution < -0.4 is 11.1 Å². The lowest BCUT2D eigenvalue weighted by molar-refractivity contribution is 0.0378. The molecule has 0 amide bonds. The maximum absolute atomic E-state index is 6.09. The third kappa shape index (κ3) is 3.86. The van der Waals surface area contributed by atoms with Crippen LogP contribution in [0.2, 0.25) is 0 Å². The van der Waals surface area contributed by atoms with Gasteiger partial charge in [-0.3, -0.25) is 4.90 Å². The van der Waals surface area contributed by atoms with Gasteiger partial charge >= 0.3 is 0 Å².